The molecular formula is C13H24O4. The molecule has 0 aliphatic heterocycles. The second-order valence-electron chi connectivity index (χ2n) is 5.69. The molecule has 0 heterocycles. The van der Waals surface area contributed by atoms with E-state index >= 15 is 0 Å². The van der Waals surface area contributed by atoms with E-state index in [0.717, 1.165) is 12.8 Å². The number of esters is 1. The molecule has 0 unspecified atom stereocenters. The van der Waals surface area contributed by atoms with Crippen LogP contribution in [0.15, 0.2) is 0 Å². The highest BCUT2D eigenvalue weighted by molar-refractivity contribution is 5.69. The van der Waals surface area contributed by atoms with Crippen LogP contribution >= 0.6 is 0 Å². The van der Waals surface area contributed by atoms with Crippen LogP contribution in [-0.4, -0.2) is 36.5 Å². The Morgan fingerprint density at radius 3 is 2.41 bits per heavy atom. The van der Waals surface area contributed by atoms with E-state index in [4.69, 9.17) is 14.6 Å². The van der Waals surface area contributed by atoms with E-state index < -0.39 is 5.60 Å². The van der Waals surface area contributed by atoms with Crippen molar-refractivity contribution in [3.8, 4) is 0 Å². The molecule has 1 rings (SSSR count). The number of hydrogen-bond acceptors (Lipinski definition) is 4. The second-order valence-corrected chi connectivity index (χ2v) is 5.69. The normalized spacial score (nSPS) is 24.2. The van der Waals surface area contributed by atoms with Crippen LogP contribution in [0.4, 0.5) is 0 Å². The second kappa shape index (κ2) is 6.36. The molecule has 1 fully saturated rings. The molecule has 1 N–H and O–H groups in total. The molecule has 0 radical (unpaired) electrons. The van der Waals surface area contributed by atoms with Crippen molar-refractivity contribution in [1.29, 1.82) is 0 Å². The molecular weight excluding hydrogens is 220 g/mol. The van der Waals surface area contributed by atoms with Crippen molar-refractivity contribution in [2.45, 2.75) is 45.6 Å². The minimum absolute atomic E-state index is 0.218. The standard InChI is InChI=1S/C13H24O4/c1-13(2,3)17-12(15)6-7-16-9-11-5-4-10(11)8-14/h10-11,14H,4-9H2,1-3H3/t10-,11+/m1/s1. The Morgan fingerprint density at radius 2 is 1.94 bits per heavy atom. The predicted molar refractivity (Wildman–Crippen MR) is 64.6 cm³/mol. The van der Waals surface area contributed by atoms with Gasteiger partial charge in [0, 0.05) is 13.2 Å². The van der Waals surface area contributed by atoms with E-state index in [1.54, 1.807) is 0 Å². The molecule has 4 heteroatoms. The number of ether oxygens (including phenoxy) is 2. The summed E-state index contributed by atoms with van der Waals surface area (Å²) in [6.07, 6.45) is 2.52. The molecule has 4 nitrogen and oxygen atoms in total. The Bertz CT molecular complexity index is 242. The van der Waals surface area contributed by atoms with Gasteiger partial charge in [-0.15, -0.1) is 0 Å². The van der Waals surface area contributed by atoms with Crippen LogP contribution in [0.3, 0.4) is 0 Å². The lowest BCUT2D eigenvalue weighted by molar-refractivity contribution is -0.156. The maximum Gasteiger partial charge on any atom is 0.308 e. The van der Waals surface area contributed by atoms with Gasteiger partial charge in [0.25, 0.3) is 0 Å². The molecule has 0 amide bonds. The van der Waals surface area contributed by atoms with Gasteiger partial charge in [-0.05, 0) is 45.4 Å². The van der Waals surface area contributed by atoms with Gasteiger partial charge in [0.2, 0.25) is 0 Å². The first kappa shape index (κ1) is 14.5. The van der Waals surface area contributed by atoms with Crippen LogP contribution in [0.1, 0.15) is 40.0 Å². The first-order valence-electron chi connectivity index (χ1n) is 6.33. The number of carbonyl (C=O) groups is 1. The van der Waals surface area contributed by atoms with Crippen molar-refractivity contribution in [2.75, 3.05) is 19.8 Å². The molecule has 1 aliphatic rings. The largest absolute Gasteiger partial charge is 0.460 e. The fourth-order valence-corrected chi connectivity index (χ4v) is 1.88. The first-order valence-corrected chi connectivity index (χ1v) is 6.33. The highest BCUT2D eigenvalue weighted by Gasteiger charge is 2.30. The van der Waals surface area contributed by atoms with Crippen molar-refractivity contribution in [2.24, 2.45) is 11.8 Å². The van der Waals surface area contributed by atoms with E-state index in [1.807, 2.05) is 20.8 Å². The fourth-order valence-electron chi connectivity index (χ4n) is 1.88. The molecule has 17 heavy (non-hydrogen) atoms. The van der Waals surface area contributed by atoms with Gasteiger partial charge in [0.05, 0.1) is 13.0 Å². The molecule has 0 aromatic carbocycles. The lowest BCUT2D eigenvalue weighted by Crippen LogP contribution is -2.32. The van der Waals surface area contributed by atoms with Crippen molar-refractivity contribution in [1.82, 2.24) is 0 Å². The summed E-state index contributed by atoms with van der Waals surface area (Å²) in [6, 6.07) is 0. The topological polar surface area (TPSA) is 55.8 Å². The number of hydrogen-bond donors (Lipinski definition) is 1. The average molecular weight is 244 g/mol. The van der Waals surface area contributed by atoms with Crippen LogP contribution in [-0.2, 0) is 14.3 Å². The molecule has 100 valence electrons. The van der Waals surface area contributed by atoms with E-state index in [2.05, 4.69) is 0 Å². The van der Waals surface area contributed by atoms with Crippen molar-refractivity contribution < 1.29 is 19.4 Å². The quantitative estimate of drug-likeness (QED) is 0.571. The lowest BCUT2D eigenvalue weighted by Gasteiger charge is -2.34. The third-order valence-corrected chi connectivity index (χ3v) is 3.01. The maximum atomic E-state index is 11.4. The lowest BCUT2D eigenvalue weighted by atomic mass is 9.75. The predicted octanol–water partition coefficient (Wildman–Crippen LogP) is 1.75. The van der Waals surface area contributed by atoms with E-state index in [9.17, 15) is 4.79 Å². The fraction of sp³-hybridized carbons (Fsp3) is 0.923. The van der Waals surface area contributed by atoms with Crippen LogP contribution in [0, 0.1) is 11.8 Å². The van der Waals surface area contributed by atoms with Crippen molar-refractivity contribution >= 4 is 5.97 Å². The van der Waals surface area contributed by atoms with Crippen LogP contribution in [0.5, 0.6) is 0 Å². The number of aliphatic hydroxyl groups is 1. The Balaban J connectivity index is 2.02. The zero-order chi connectivity index (χ0) is 12.9. The Labute approximate surface area is 103 Å². The van der Waals surface area contributed by atoms with Crippen LogP contribution in [0.2, 0.25) is 0 Å². The molecule has 0 spiro atoms. The van der Waals surface area contributed by atoms with Gasteiger partial charge in [-0.2, -0.15) is 0 Å². The number of aliphatic hydroxyl groups excluding tert-OH is 1. The molecule has 0 saturated heterocycles. The van der Waals surface area contributed by atoms with Gasteiger partial charge < -0.3 is 14.6 Å². The average Bonchev–Trinajstić information content (AvgIpc) is 2.13. The molecule has 0 aromatic rings. The van der Waals surface area contributed by atoms with Gasteiger partial charge in [-0.3, -0.25) is 4.79 Å². The minimum atomic E-state index is -0.424. The van der Waals surface area contributed by atoms with Gasteiger partial charge >= 0.3 is 5.97 Å². The highest BCUT2D eigenvalue weighted by atomic mass is 16.6. The van der Waals surface area contributed by atoms with Crippen molar-refractivity contribution in [3.63, 3.8) is 0 Å². The number of carbonyl (C=O) groups excluding carboxylic acids is 1. The molecule has 2 atom stereocenters. The van der Waals surface area contributed by atoms with E-state index in [1.165, 1.54) is 0 Å². The Kier molecular flexibility index (Phi) is 5.40. The summed E-state index contributed by atoms with van der Waals surface area (Å²) in [7, 11) is 0. The summed E-state index contributed by atoms with van der Waals surface area (Å²) in [5, 5.41) is 9.00. The highest BCUT2D eigenvalue weighted by Crippen LogP contribution is 2.33. The zero-order valence-corrected chi connectivity index (χ0v) is 11.1. The number of rotatable bonds is 6. The molecule has 1 aliphatic carbocycles. The Morgan fingerprint density at radius 1 is 1.29 bits per heavy atom. The molecule has 0 bridgehead atoms. The molecule has 0 aromatic heterocycles. The summed E-state index contributed by atoms with van der Waals surface area (Å²) in [4.78, 5) is 11.4. The van der Waals surface area contributed by atoms with Gasteiger partial charge in [0.15, 0.2) is 0 Å². The van der Waals surface area contributed by atoms with Crippen LogP contribution < -0.4 is 0 Å². The minimum Gasteiger partial charge on any atom is -0.460 e. The summed E-state index contributed by atoms with van der Waals surface area (Å²) in [6.45, 7) is 6.86. The first-order chi connectivity index (χ1) is 7.92. The summed E-state index contributed by atoms with van der Waals surface area (Å²) in [5.74, 6) is 0.653. The van der Waals surface area contributed by atoms with Crippen molar-refractivity contribution in [3.05, 3.63) is 0 Å². The summed E-state index contributed by atoms with van der Waals surface area (Å²) < 4.78 is 10.6. The third kappa shape index (κ3) is 5.50. The smallest absolute Gasteiger partial charge is 0.308 e. The zero-order valence-electron chi connectivity index (χ0n) is 11.1. The monoisotopic (exact) mass is 244 g/mol. The van der Waals surface area contributed by atoms with E-state index in [0.29, 0.717) is 31.5 Å². The summed E-state index contributed by atoms with van der Waals surface area (Å²) >= 11 is 0. The molecule has 1 saturated carbocycles. The SMILES string of the molecule is CC(C)(C)OC(=O)CCOC[C@@H]1CC[C@@H]1CO. The van der Waals surface area contributed by atoms with E-state index in [-0.39, 0.29) is 12.6 Å². The third-order valence-electron chi connectivity index (χ3n) is 3.01. The van der Waals surface area contributed by atoms with Gasteiger partial charge in [-0.25, -0.2) is 0 Å². The summed E-state index contributed by atoms with van der Waals surface area (Å²) in [5.41, 5.74) is -0.424. The Hall–Kier alpha value is -0.610. The van der Waals surface area contributed by atoms with Gasteiger partial charge in [0.1, 0.15) is 5.60 Å². The van der Waals surface area contributed by atoms with Gasteiger partial charge in [-0.1, -0.05) is 0 Å². The van der Waals surface area contributed by atoms with Crippen LogP contribution in [0.25, 0.3) is 0 Å². The maximum absolute atomic E-state index is 11.4.